The van der Waals surface area contributed by atoms with Gasteiger partial charge in [-0.25, -0.2) is 0 Å². The standard InChI is InChI=1S/C7H8N2O2/c1-4(2)6(10)5(3-8)7(9)11/h5H,1H2,2H3,(H2,9,11). The van der Waals surface area contributed by atoms with Crippen LogP contribution in [0.3, 0.4) is 0 Å². The molecule has 0 aliphatic rings. The van der Waals surface area contributed by atoms with Crippen molar-refractivity contribution >= 4 is 11.7 Å². The third-order valence-corrected chi connectivity index (χ3v) is 1.10. The van der Waals surface area contributed by atoms with E-state index in [4.69, 9.17) is 11.0 Å². The fourth-order valence-electron chi connectivity index (χ4n) is 0.498. The molecule has 11 heavy (non-hydrogen) atoms. The molecular formula is C7H8N2O2. The monoisotopic (exact) mass is 152 g/mol. The summed E-state index contributed by atoms with van der Waals surface area (Å²) in [6.07, 6.45) is 0. The molecule has 0 rings (SSSR count). The number of hydrogen-bond acceptors (Lipinski definition) is 3. The van der Waals surface area contributed by atoms with Gasteiger partial charge in [-0.05, 0) is 12.5 Å². The molecule has 4 heteroatoms. The molecule has 0 radical (unpaired) electrons. The predicted octanol–water partition coefficient (Wildman–Crippen LogP) is -0.243. The molecule has 0 aromatic heterocycles. The number of rotatable bonds is 3. The zero-order valence-electron chi connectivity index (χ0n) is 6.13. The van der Waals surface area contributed by atoms with Crippen LogP contribution >= 0.6 is 0 Å². The van der Waals surface area contributed by atoms with E-state index in [1.807, 2.05) is 0 Å². The SMILES string of the molecule is C=C(C)C(=O)C(C#N)C(N)=O. The number of nitrogens with two attached hydrogens (primary N) is 1. The first-order valence-electron chi connectivity index (χ1n) is 2.89. The fourth-order valence-corrected chi connectivity index (χ4v) is 0.498. The van der Waals surface area contributed by atoms with Crippen molar-refractivity contribution in [3.8, 4) is 6.07 Å². The lowest BCUT2D eigenvalue weighted by Crippen LogP contribution is -2.29. The lowest BCUT2D eigenvalue weighted by molar-refractivity contribution is -0.127. The van der Waals surface area contributed by atoms with Crippen LogP contribution in [0.1, 0.15) is 6.92 Å². The van der Waals surface area contributed by atoms with E-state index in [1.54, 1.807) is 0 Å². The average molecular weight is 152 g/mol. The summed E-state index contributed by atoms with van der Waals surface area (Å²) in [5.74, 6) is -2.92. The zero-order valence-corrected chi connectivity index (χ0v) is 6.13. The van der Waals surface area contributed by atoms with E-state index in [1.165, 1.54) is 13.0 Å². The second-order valence-electron chi connectivity index (χ2n) is 2.11. The fraction of sp³-hybridized carbons (Fsp3) is 0.286. The van der Waals surface area contributed by atoms with Gasteiger partial charge in [-0.2, -0.15) is 5.26 Å². The minimum atomic E-state index is -1.38. The van der Waals surface area contributed by atoms with Crippen LogP contribution in [0.25, 0.3) is 0 Å². The Bertz CT molecular complexity index is 250. The molecule has 0 saturated carbocycles. The number of carbonyl (C=O) groups excluding carboxylic acids is 2. The Morgan fingerprint density at radius 1 is 1.64 bits per heavy atom. The number of amides is 1. The van der Waals surface area contributed by atoms with E-state index in [0.29, 0.717) is 0 Å². The Balaban J connectivity index is 4.56. The minimum absolute atomic E-state index is 0.162. The van der Waals surface area contributed by atoms with Crippen molar-refractivity contribution in [3.63, 3.8) is 0 Å². The first kappa shape index (κ1) is 9.37. The van der Waals surface area contributed by atoms with E-state index >= 15 is 0 Å². The van der Waals surface area contributed by atoms with E-state index in [0.717, 1.165) is 0 Å². The summed E-state index contributed by atoms with van der Waals surface area (Å²) < 4.78 is 0. The van der Waals surface area contributed by atoms with Gasteiger partial charge >= 0.3 is 0 Å². The summed E-state index contributed by atoms with van der Waals surface area (Å²) >= 11 is 0. The van der Waals surface area contributed by atoms with Crippen molar-refractivity contribution in [2.24, 2.45) is 11.7 Å². The second kappa shape index (κ2) is 3.52. The number of primary amides is 1. The second-order valence-corrected chi connectivity index (χ2v) is 2.11. The maximum atomic E-state index is 10.9. The molecule has 0 heterocycles. The Hall–Kier alpha value is -1.63. The van der Waals surface area contributed by atoms with Crippen LogP contribution in [0.4, 0.5) is 0 Å². The van der Waals surface area contributed by atoms with E-state index in [2.05, 4.69) is 6.58 Å². The highest BCUT2D eigenvalue weighted by Crippen LogP contribution is 2.02. The summed E-state index contributed by atoms with van der Waals surface area (Å²) in [5, 5.41) is 8.30. The number of hydrogen-bond donors (Lipinski definition) is 1. The van der Waals surface area contributed by atoms with Crippen molar-refractivity contribution < 1.29 is 9.59 Å². The number of Topliss-reactive ketones (excluding diaryl/α,β-unsaturated/α-hetero) is 1. The molecule has 58 valence electrons. The number of carbonyl (C=O) groups is 2. The van der Waals surface area contributed by atoms with Crippen molar-refractivity contribution in [1.82, 2.24) is 0 Å². The summed E-state index contributed by atoms with van der Waals surface area (Å²) in [6.45, 7) is 4.72. The van der Waals surface area contributed by atoms with Crippen molar-refractivity contribution in [2.45, 2.75) is 6.92 Å². The number of allylic oxidation sites excluding steroid dienone is 1. The van der Waals surface area contributed by atoms with Crippen LogP contribution in [0.15, 0.2) is 12.2 Å². The molecule has 0 aliphatic carbocycles. The van der Waals surface area contributed by atoms with Gasteiger partial charge in [-0.3, -0.25) is 9.59 Å². The summed E-state index contributed by atoms with van der Waals surface area (Å²) in [4.78, 5) is 21.3. The van der Waals surface area contributed by atoms with Gasteiger partial charge in [0.25, 0.3) is 0 Å². The van der Waals surface area contributed by atoms with Crippen LogP contribution in [0.5, 0.6) is 0 Å². The van der Waals surface area contributed by atoms with Gasteiger partial charge in [0, 0.05) is 0 Å². The van der Waals surface area contributed by atoms with Gasteiger partial charge in [0.05, 0.1) is 6.07 Å². The van der Waals surface area contributed by atoms with Crippen molar-refractivity contribution in [2.75, 3.05) is 0 Å². The minimum Gasteiger partial charge on any atom is -0.368 e. The van der Waals surface area contributed by atoms with Crippen molar-refractivity contribution in [3.05, 3.63) is 12.2 Å². The molecule has 1 atom stereocenters. The van der Waals surface area contributed by atoms with Gasteiger partial charge in [0.15, 0.2) is 11.7 Å². The van der Waals surface area contributed by atoms with E-state index in [-0.39, 0.29) is 5.57 Å². The summed E-state index contributed by atoms with van der Waals surface area (Å²) in [7, 11) is 0. The average Bonchev–Trinajstić information content (AvgIpc) is 1.88. The van der Waals surface area contributed by atoms with Crippen LogP contribution in [0.2, 0.25) is 0 Å². The normalized spacial score (nSPS) is 11.3. The third-order valence-electron chi connectivity index (χ3n) is 1.10. The maximum Gasteiger partial charge on any atom is 0.242 e. The Morgan fingerprint density at radius 2 is 2.09 bits per heavy atom. The molecule has 1 unspecified atom stereocenters. The van der Waals surface area contributed by atoms with Gasteiger partial charge in [0.2, 0.25) is 5.91 Å². The summed E-state index contributed by atoms with van der Waals surface area (Å²) in [5.41, 5.74) is 4.92. The van der Waals surface area contributed by atoms with Crippen LogP contribution in [-0.2, 0) is 9.59 Å². The quantitative estimate of drug-likeness (QED) is 0.447. The Kier molecular flexibility index (Phi) is 3.00. The molecule has 1 amide bonds. The van der Waals surface area contributed by atoms with Crippen LogP contribution in [-0.4, -0.2) is 11.7 Å². The Labute approximate surface area is 64.3 Å². The molecule has 0 aromatic rings. The highest BCUT2D eigenvalue weighted by molar-refractivity contribution is 6.10. The molecule has 0 aliphatic heterocycles. The molecule has 0 aromatic carbocycles. The lowest BCUT2D eigenvalue weighted by atomic mass is 10.0. The van der Waals surface area contributed by atoms with Gasteiger partial charge in [-0.1, -0.05) is 6.58 Å². The molecular weight excluding hydrogens is 144 g/mol. The highest BCUT2D eigenvalue weighted by Gasteiger charge is 2.23. The first-order valence-corrected chi connectivity index (χ1v) is 2.89. The van der Waals surface area contributed by atoms with Gasteiger partial charge in [0.1, 0.15) is 0 Å². The smallest absolute Gasteiger partial charge is 0.242 e. The highest BCUT2D eigenvalue weighted by atomic mass is 16.2. The topological polar surface area (TPSA) is 83.9 Å². The number of nitrogens with zero attached hydrogens (tertiary/aromatic N) is 1. The van der Waals surface area contributed by atoms with Crippen LogP contribution in [0, 0.1) is 17.2 Å². The summed E-state index contributed by atoms with van der Waals surface area (Å²) in [6, 6.07) is 1.50. The Morgan fingerprint density at radius 3 is 2.18 bits per heavy atom. The number of nitriles is 1. The predicted molar refractivity (Wildman–Crippen MR) is 38.1 cm³/mol. The molecule has 0 bridgehead atoms. The molecule has 0 saturated heterocycles. The van der Waals surface area contributed by atoms with Crippen LogP contribution < -0.4 is 5.73 Å². The van der Waals surface area contributed by atoms with E-state index < -0.39 is 17.6 Å². The maximum absolute atomic E-state index is 10.9. The van der Waals surface area contributed by atoms with Gasteiger partial charge in [-0.15, -0.1) is 0 Å². The third kappa shape index (κ3) is 2.22. The van der Waals surface area contributed by atoms with Crippen molar-refractivity contribution in [1.29, 1.82) is 5.26 Å². The van der Waals surface area contributed by atoms with E-state index in [9.17, 15) is 9.59 Å². The number of ketones is 1. The lowest BCUT2D eigenvalue weighted by Gasteiger charge is -2.00. The first-order chi connectivity index (χ1) is 5.00. The molecule has 0 spiro atoms. The molecule has 0 fully saturated rings. The zero-order chi connectivity index (χ0) is 9.02. The largest absolute Gasteiger partial charge is 0.368 e. The molecule has 4 nitrogen and oxygen atoms in total. The van der Waals surface area contributed by atoms with Gasteiger partial charge < -0.3 is 5.73 Å². The molecule has 2 N–H and O–H groups in total.